The van der Waals surface area contributed by atoms with E-state index in [0.717, 1.165) is 30.1 Å². The zero-order valence-electron chi connectivity index (χ0n) is 13.3. The standard InChI is InChI=1S/C14H19Cl2N3O4S/c1-8-5-19(6-9(2)23-8)7-13(20)18-14-11(15)3-10(4-12(14)16)24(17,21)22/h3-4,8-9H,5-7H2,1-2H3,(H,18,20)(H2,17,21,22)/p+1/t8-,9+. The third-order valence-corrected chi connectivity index (χ3v) is 5.12. The Kier molecular flexibility index (Phi) is 6.11. The summed E-state index contributed by atoms with van der Waals surface area (Å²) < 4.78 is 28.3. The summed E-state index contributed by atoms with van der Waals surface area (Å²) in [6, 6.07) is 2.31. The summed E-state index contributed by atoms with van der Waals surface area (Å²) in [5.74, 6) is -0.265. The van der Waals surface area contributed by atoms with E-state index < -0.39 is 10.0 Å². The molecule has 134 valence electrons. The van der Waals surface area contributed by atoms with Gasteiger partial charge in [-0.3, -0.25) is 4.79 Å². The summed E-state index contributed by atoms with van der Waals surface area (Å²) >= 11 is 12.1. The number of benzene rings is 1. The van der Waals surface area contributed by atoms with E-state index in [2.05, 4.69) is 5.32 Å². The van der Waals surface area contributed by atoms with Crippen LogP contribution in [0.2, 0.25) is 10.0 Å². The summed E-state index contributed by atoms with van der Waals surface area (Å²) in [6.45, 7) is 5.62. The number of sulfonamides is 1. The van der Waals surface area contributed by atoms with Crippen LogP contribution in [0.4, 0.5) is 5.69 Å². The van der Waals surface area contributed by atoms with Gasteiger partial charge in [-0.15, -0.1) is 0 Å². The van der Waals surface area contributed by atoms with Crippen molar-refractivity contribution in [1.82, 2.24) is 0 Å². The molecule has 0 saturated carbocycles. The van der Waals surface area contributed by atoms with Crippen LogP contribution in [0.3, 0.4) is 0 Å². The maximum absolute atomic E-state index is 12.2. The van der Waals surface area contributed by atoms with Gasteiger partial charge in [0.25, 0.3) is 5.91 Å². The van der Waals surface area contributed by atoms with Crippen molar-refractivity contribution < 1.29 is 22.8 Å². The molecule has 1 fully saturated rings. The van der Waals surface area contributed by atoms with Crippen molar-refractivity contribution in [2.45, 2.75) is 31.0 Å². The quantitative estimate of drug-likeness (QED) is 0.679. The van der Waals surface area contributed by atoms with Crippen LogP contribution in [-0.4, -0.2) is 46.2 Å². The van der Waals surface area contributed by atoms with Gasteiger partial charge in [0.15, 0.2) is 6.54 Å². The lowest BCUT2D eigenvalue weighted by Gasteiger charge is -2.31. The second-order valence-electron chi connectivity index (χ2n) is 5.95. The summed E-state index contributed by atoms with van der Waals surface area (Å²) in [5, 5.41) is 7.71. The number of quaternary nitrogens is 1. The molecular formula is C14H20Cl2N3O4S+. The molecule has 4 N–H and O–H groups in total. The third kappa shape index (κ3) is 5.05. The maximum Gasteiger partial charge on any atom is 0.279 e. The van der Waals surface area contributed by atoms with Crippen molar-refractivity contribution in [1.29, 1.82) is 0 Å². The molecule has 10 heteroatoms. The van der Waals surface area contributed by atoms with Gasteiger partial charge >= 0.3 is 0 Å². The predicted molar refractivity (Wildman–Crippen MR) is 92.0 cm³/mol. The Morgan fingerprint density at radius 2 is 1.79 bits per heavy atom. The van der Waals surface area contributed by atoms with E-state index in [1.54, 1.807) is 0 Å². The van der Waals surface area contributed by atoms with Gasteiger partial charge in [0, 0.05) is 0 Å². The molecule has 0 aliphatic carbocycles. The summed E-state index contributed by atoms with van der Waals surface area (Å²) in [7, 11) is -3.93. The zero-order chi connectivity index (χ0) is 18.1. The van der Waals surface area contributed by atoms with Gasteiger partial charge in [-0.1, -0.05) is 23.2 Å². The van der Waals surface area contributed by atoms with E-state index >= 15 is 0 Å². The highest BCUT2D eigenvalue weighted by Crippen LogP contribution is 2.33. The molecular weight excluding hydrogens is 377 g/mol. The van der Waals surface area contributed by atoms with Crippen LogP contribution in [0.25, 0.3) is 0 Å². The smallest absolute Gasteiger partial charge is 0.279 e. The van der Waals surface area contributed by atoms with E-state index in [-0.39, 0.29) is 45.3 Å². The predicted octanol–water partition coefficient (Wildman–Crippen LogP) is 0.271. The molecule has 0 aromatic heterocycles. The molecule has 1 saturated heterocycles. The van der Waals surface area contributed by atoms with E-state index in [4.69, 9.17) is 33.1 Å². The molecule has 0 spiro atoms. The monoisotopic (exact) mass is 396 g/mol. The second-order valence-corrected chi connectivity index (χ2v) is 8.32. The fraction of sp³-hybridized carbons (Fsp3) is 0.500. The van der Waals surface area contributed by atoms with Gasteiger partial charge in [0.05, 0.1) is 20.6 Å². The van der Waals surface area contributed by atoms with E-state index in [9.17, 15) is 13.2 Å². The molecule has 1 aliphatic heterocycles. The number of hydrogen-bond acceptors (Lipinski definition) is 4. The second kappa shape index (κ2) is 7.55. The van der Waals surface area contributed by atoms with Crippen molar-refractivity contribution in [3.05, 3.63) is 22.2 Å². The number of primary sulfonamides is 1. The van der Waals surface area contributed by atoms with Gasteiger partial charge in [-0.05, 0) is 26.0 Å². The van der Waals surface area contributed by atoms with Crippen molar-refractivity contribution >= 4 is 44.8 Å². The van der Waals surface area contributed by atoms with Crippen LogP contribution in [0.1, 0.15) is 13.8 Å². The number of halogens is 2. The average molecular weight is 397 g/mol. The topological polar surface area (TPSA) is 103 Å². The van der Waals surface area contributed by atoms with Crippen LogP contribution in [-0.2, 0) is 19.6 Å². The first-order valence-corrected chi connectivity index (χ1v) is 9.67. The van der Waals surface area contributed by atoms with Crippen LogP contribution in [0.15, 0.2) is 17.0 Å². The Bertz CT molecular complexity index is 709. The molecule has 24 heavy (non-hydrogen) atoms. The summed E-state index contributed by atoms with van der Waals surface area (Å²) in [5.41, 5.74) is 0.171. The fourth-order valence-corrected chi connectivity index (χ4v) is 4.05. The van der Waals surface area contributed by atoms with Crippen LogP contribution >= 0.6 is 23.2 Å². The number of rotatable bonds is 4. The van der Waals surface area contributed by atoms with Gasteiger partial charge < -0.3 is 15.0 Å². The maximum atomic E-state index is 12.2. The number of amides is 1. The minimum absolute atomic E-state index is 0.0126. The number of morpholine rings is 1. The molecule has 1 heterocycles. The minimum atomic E-state index is -3.93. The molecule has 2 rings (SSSR count). The molecule has 1 aromatic rings. The third-order valence-electron chi connectivity index (χ3n) is 3.64. The highest BCUT2D eigenvalue weighted by molar-refractivity contribution is 7.89. The number of anilines is 1. The van der Waals surface area contributed by atoms with Crippen molar-refractivity contribution in [3.8, 4) is 0 Å². The number of nitrogens with one attached hydrogen (secondary N) is 2. The molecule has 7 nitrogen and oxygen atoms in total. The lowest BCUT2D eigenvalue weighted by atomic mass is 10.2. The van der Waals surface area contributed by atoms with Crippen LogP contribution in [0.5, 0.6) is 0 Å². The molecule has 1 amide bonds. The fourth-order valence-electron chi connectivity index (χ4n) is 2.78. The highest BCUT2D eigenvalue weighted by atomic mass is 35.5. The average Bonchev–Trinajstić information content (AvgIpc) is 2.40. The van der Waals surface area contributed by atoms with E-state index in [1.165, 1.54) is 0 Å². The van der Waals surface area contributed by atoms with Crippen molar-refractivity contribution in [3.63, 3.8) is 0 Å². The molecule has 1 aromatic carbocycles. The molecule has 1 aliphatic rings. The molecule has 0 bridgehead atoms. The Hall–Kier alpha value is -0.900. The van der Waals surface area contributed by atoms with Crippen LogP contribution < -0.4 is 15.4 Å². The van der Waals surface area contributed by atoms with Gasteiger partial charge in [-0.25, -0.2) is 13.6 Å². The summed E-state index contributed by atoms with van der Waals surface area (Å²) in [4.78, 5) is 13.1. The number of nitrogens with two attached hydrogens (primary N) is 1. The first kappa shape index (κ1) is 19.4. The Balaban J connectivity index is 2.09. The lowest BCUT2D eigenvalue weighted by molar-refractivity contribution is -0.907. The summed E-state index contributed by atoms with van der Waals surface area (Å²) in [6.07, 6.45) is 0.163. The molecule has 1 unspecified atom stereocenters. The first-order chi connectivity index (χ1) is 11.1. The Labute approximate surface area is 151 Å². The lowest BCUT2D eigenvalue weighted by Crippen LogP contribution is -3.16. The van der Waals surface area contributed by atoms with Gasteiger partial charge in [0.1, 0.15) is 25.3 Å². The Morgan fingerprint density at radius 3 is 2.25 bits per heavy atom. The van der Waals surface area contributed by atoms with Crippen molar-refractivity contribution in [2.24, 2.45) is 5.14 Å². The van der Waals surface area contributed by atoms with Gasteiger partial charge in [0.2, 0.25) is 10.0 Å². The Morgan fingerprint density at radius 1 is 1.29 bits per heavy atom. The van der Waals surface area contributed by atoms with Crippen molar-refractivity contribution in [2.75, 3.05) is 25.0 Å². The highest BCUT2D eigenvalue weighted by Gasteiger charge is 2.27. The van der Waals surface area contributed by atoms with E-state index in [1.807, 2.05) is 13.8 Å². The zero-order valence-corrected chi connectivity index (χ0v) is 15.6. The minimum Gasteiger partial charge on any atom is -0.364 e. The SMILES string of the molecule is C[C@@H]1C[NH+](CC(=O)Nc2c(Cl)cc(S(N)(=O)=O)cc2Cl)C[C@H](C)O1. The number of hydrogen-bond donors (Lipinski definition) is 3. The largest absolute Gasteiger partial charge is 0.364 e. The normalized spacial score (nSPS) is 24.6. The number of carbonyl (C=O) groups is 1. The first-order valence-electron chi connectivity index (χ1n) is 7.37. The molecule has 3 atom stereocenters. The van der Waals surface area contributed by atoms with Crippen LogP contribution in [0, 0.1) is 0 Å². The number of ether oxygens (including phenoxy) is 1. The molecule has 0 radical (unpaired) electrons. The van der Waals surface area contributed by atoms with Gasteiger partial charge in [-0.2, -0.15) is 0 Å². The van der Waals surface area contributed by atoms with E-state index in [0.29, 0.717) is 0 Å². The number of carbonyl (C=O) groups excluding carboxylic acids is 1.